The zero-order chi connectivity index (χ0) is 54.3. The van der Waals surface area contributed by atoms with Crippen molar-refractivity contribution >= 4 is 17.9 Å². The van der Waals surface area contributed by atoms with Gasteiger partial charge in [0, 0.05) is 19.3 Å². The Labute approximate surface area is 462 Å². The minimum absolute atomic E-state index is 0.0896. The number of ether oxygens (including phenoxy) is 3. The third kappa shape index (κ3) is 60.6. The number of carbonyl (C=O) groups is 3. The second-order valence-electron chi connectivity index (χ2n) is 20.2. The molecule has 0 amide bonds. The zero-order valence-electron chi connectivity index (χ0n) is 48.8. The third-order valence-corrected chi connectivity index (χ3v) is 13.0. The van der Waals surface area contributed by atoms with Gasteiger partial charge in [-0.1, -0.05) is 271 Å². The van der Waals surface area contributed by atoms with Crippen LogP contribution in [0.25, 0.3) is 0 Å². The van der Waals surface area contributed by atoms with Crippen LogP contribution in [-0.2, 0) is 28.6 Å². The molecule has 0 N–H and O–H groups in total. The molecule has 1 unspecified atom stereocenters. The van der Waals surface area contributed by atoms with Crippen molar-refractivity contribution in [2.75, 3.05) is 13.2 Å². The highest BCUT2D eigenvalue weighted by Gasteiger charge is 2.19. The molecule has 0 rings (SSSR count). The van der Waals surface area contributed by atoms with E-state index in [1.54, 1.807) is 0 Å². The van der Waals surface area contributed by atoms with Gasteiger partial charge in [-0.25, -0.2) is 0 Å². The predicted octanol–water partition coefficient (Wildman–Crippen LogP) is 21.2. The highest BCUT2D eigenvalue weighted by Crippen LogP contribution is 2.15. The fourth-order valence-electron chi connectivity index (χ4n) is 8.38. The van der Waals surface area contributed by atoms with E-state index in [1.165, 1.54) is 109 Å². The van der Waals surface area contributed by atoms with E-state index in [2.05, 4.69) is 142 Å². The molecule has 0 aromatic carbocycles. The van der Waals surface area contributed by atoms with Crippen LogP contribution in [-0.4, -0.2) is 37.2 Å². The Morgan fingerprint density at radius 1 is 0.280 bits per heavy atom. The molecule has 1 atom stereocenters. The number of rotatable bonds is 55. The number of carbonyl (C=O) groups excluding carboxylic acids is 3. The fourth-order valence-corrected chi connectivity index (χ4v) is 8.38. The molecule has 0 heterocycles. The Kier molecular flexibility index (Phi) is 58.9. The molecule has 0 radical (unpaired) electrons. The lowest BCUT2D eigenvalue weighted by Crippen LogP contribution is -2.30. The summed E-state index contributed by atoms with van der Waals surface area (Å²) in [5, 5.41) is 0. The first-order chi connectivity index (χ1) is 37.0. The molecular formula is C69H114O6. The van der Waals surface area contributed by atoms with Gasteiger partial charge in [0.1, 0.15) is 13.2 Å². The molecule has 6 nitrogen and oxygen atoms in total. The first-order valence-corrected chi connectivity index (χ1v) is 31.0. The summed E-state index contributed by atoms with van der Waals surface area (Å²) >= 11 is 0. The molecule has 0 fully saturated rings. The van der Waals surface area contributed by atoms with E-state index in [0.717, 1.165) is 128 Å². The molecule has 0 saturated carbocycles. The van der Waals surface area contributed by atoms with Crippen LogP contribution >= 0.6 is 0 Å². The topological polar surface area (TPSA) is 78.9 Å². The van der Waals surface area contributed by atoms with Crippen LogP contribution in [0.4, 0.5) is 0 Å². The summed E-state index contributed by atoms with van der Waals surface area (Å²) in [5.41, 5.74) is 0. The Morgan fingerprint density at radius 2 is 0.520 bits per heavy atom. The minimum Gasteiger partial charge on any atom is -0.462 e. The number of hydrogen-bond acceptors (Lipinski definition) is 6. The van der Waals surface area contributed by atoms with E-state index in [-0.39, 0.29) is 31.1 Å². The molecule has 75 heavy (non-hydrogen) atoms. The van der Waals surface area contributed by atoms with Crippen LogP contribution in [0.1, 0.15) is 278 Å². The zero-order valence-corrected chi connectivity index (χ0v) is 48.8. The lowest BCUT2D eigenvalue weighted by molar-refractivity contribution is -0.167. The van der Waals surface area contributed by atoms with Crippen molar-refractivity contribution in [1.82, 2.24) is 0 Å². The predicted molar refractivity (Wildman–Crippen MR) is 325 cm³/mol. The normalized spacial score (nSPS) is 12.9. The first-order valence-electron chi connectivity index (χ1n) is 31.0. The van der Waals surface area contributed by atoms with Gasteiger partial charge < -0.3 is 14.2 Å². The molecular weight excluding hydrogens is 925 g/mol. The third-order valence-electron chi connectivity index (χ3n) is 13.0. The quantitative estimate of drug-likeness (QED) is 0.0261. The molecule has 0 aliphatic carbocycles. The molecule has 426 valence electrons. The summed E-state index contributed by atoms with van der Waals surface area (Å²) in [4.78, 5) is 38.1. The van der Waals surface area contributed by atoms with Gasteiger partial charge >= 0.3 is 17.9 Å². The number of unbranched alkanes of at least 4 members (excludes halogenated alkanes) is 24. The van der Waals surface area contributed by atoms with Gasteiger partial charge in [0.05, 0.1) is 0 Å². The van der Waals surface area contributed by atoms with Gasteiger partial charge in [-0.15, -0.1) is 0 Å². The fraction of sp³-hybridized carbons (Fsp3) is 0.667. The van der Waals surface area contributed by atoms with Gasteiger partial charge in [0.15, 0.2) is 6.10 Å². The van der Waals surface area contributed by atoms with Crippen molar-refractivity contribution in [3.63, 3.8) is 0 Å². The summed E-state index contributed by atoms with van der Waals surface area (Å²) in [6.45, 7) is 6.38. The van der Waals surface area contributed by atoms with Gasteiger partial charge in [-0.2, -0.15) is 0 Å². The van der Waals surface area contributed by atoms with Gasteiger partial charge in [-0.05, 0) is 109 Å². The maximum atomic E-state index is 12.8. The number of allylic oxidation sites excluding steroid dienone is 20. The van der Waals surface area contributed by atoms with Crippen LogP contribution < -0.4 is 0 Å². The van der Waals surface area contributed by atoms with E-state index >= 15 is 0 Å². The molecule has 0 bridgehead atoms. The summed E-state index contributed by atoms with van der Waals surface area (Å²) in [6, 6.07) is 0. The molecule has 0 spiro atoms. The van der Waals surface area contributed by atoms with Crippen molar-refractivity contribution in [3.05, 3.63) is 122 Å². The summed E-state index contributed by atoms with van der Waals surface area (Å²) in [7, 11) is 0. The average molecular weight is 1040 g/mol. The van der Waals surface area contributed by atoms with E-state index in [9.17, 15) is 14.4 Å². The van der Waals surface area contributed by atoms with Gasteiger partial charge in [0.2, 0.25) is 0 Å². The summed E-state index contributed by atoms with van der Waals surface area (Å²) in [6.07, 6.45) is 86.4. The van der Waals surface area contributed by atoms with Crippen LogP contribution in [0, 0.1) is 0 Å². The summed E-state index contributed by atoms with van der Waals surface area (Å²) in [5.74, 6) is -0.921. The minimum atomic E-state index is -0.794. The molecule has 0 saturated heterocycles. The molecule has 0 aliphatic heterocycles. The Bertz CT molecular complexity index is 1570. The molecule has 0 aliphatic rings. The first kappa shape index (κ1) is 70.8. The van der Waals surface area contributed by atoms with Crippen molar-refractivity contribution in [1.29, 1.82) is 0 Å². The Balaban J connectivity index is 4.18. The number of hydrogen-bond donors (Lipinski definition) is 0. The summed E-state index contributed by atoms with van der Waals surface area (Å²) < 4.78 is 16.8. The standard InChI is InChI=1S/C69H114O6/c1-4-7-10-13-16-19-22-24-25-26-27-28-29-30-31-32-33-34-35-36-37-38-39-40-41-42-43-45-47-50-53-56-59-62-68(71)74-65-66(64-73-67(70)61-58-55-52-49-46-21-18-15-12-9-6-3)75-69(72)63-60-57-54-51-48-44-23-20-17-14-11-8-5-2/h7-8,10-11,16-17,19-20,24-25,27-28,30-31,33-34,36-37,44,48,66H,4-6,9,12-15,18,21-23,26,29,32,35,38-43,45-47,49-65H2,1-3H3/b10-7-,11-8-,19-16-,20-17-,25-24-,28-27-,31-30-,34-33-,37-36-,48-44-. The van der Waals surface area contributed by atoms with Crippen molar-refractivity contribution < 1.29 is 28.6 Å². The monoisotopic (exact) mass is 1040 g/mol. The van der Waals surface area contributed by atoms with Crippen LogP contribution in [0.3, 0.4) is 0 Å². The van der Waals surface area contributed by atoms with E-state index in [0.29, 0.717) is 19.3 Å². The van der Waals surface area contributed by atoms with Gasteiger partial charge in [-0.3, -0.25) is 14.4 Å². The maximum Gasteiger partial charge on any atom is 0.306 e. The molecule has 0 aromatic rings. The smallest absolute Gasteiger partial charge is 0.306 e. The Hall–Kier alpha value is -4.19. The largest absolute Gasteiger partial charge is 0.462 e. The maximum absolute atomic E-state index is 12.8. The lowest BCUT2D eigenvalue weighted by atomic mass is 10.0. The Morgan fingerprint density at radius 3 is 0.827 bits per heavy atom. The average Bonchev–Trinajstić information content (AvgIpc) is 3.41. The van der Waals surface area contributed by atoms with Crippen molar-refractivity contribution in [2.45, 2.75) is 284 Å². The van der Waals surface area contributed by atoms with Crippen LogP contribution in [0.15, 0.2) is 122 Å². The lowest BCUT2D eigenvalue weighted by Gasteiger charge is -2.18. The highest BCUT2D eigenvalue weighted by atomic mass is 16.6. The van der Waals surface area contributed by atoms with Crippen LogP contribution in [0.5, 0.6) is 0 Å². The van der Waals surface area contributed by atoms with Crippen molar-refractivity contribution in [3.8, 4) is 0 Å². The van der Waals surface area contributed by atoms with Crippen LogP contribution in [0.2, 0.25) is 0 Å². The second-order valence-corrected chi connectivity index (χ2v) is 20.2. The molecule has 0 aromatic heterocycles. The van der Waals surface area contributed by atoms with E-state index < -0.39 is 6.10 Å². The van der Waals surface area contributed by atoms with E-state index in [4.69, 9.17) is 14.2 Å². The highest BCUT2D eigenvalue weighted by molar-refractivity contribution is 5.71. The SMILES string of the molecule is CC/C=C\C/C=C\C/C=C\C/C=C\C/C=C\C/C=C\C/C=C\CCCCCCCCCCCCCC(=O)OCC(COC(=O)CCCCCCCCCCCCC)OC(=O)CCCCC/C=C\C/C=C\C/C=C\CC. The number of esters is 3. The van der Waals surface area contributed by atoms with E-state index in [1.807, 2.05) is 0 Å². The van der Waals surface area contributed by atoms with Gasteiger partial charge in [0.25, 0.3) is 0 Å². The second kappa shape index (κ2) is 62.4. The molecule has 6 heteroatoms. The van der Waals surface area contributed by atoms with Crippen molar-refractivity contribution in [2.24, 2.45) is 0 Å².